The van der Waals surface area contributed by atoms with Crippen LogP contribution in [0.25, 0.3) is 11.0 Å². The van der Waals surface area contributed by atoms with Gasteiger partial charge in [0.2, 0.25) is 5.76 Å². The number of amides is 1. The maximum absolute atomic E-state index is 13.8. The standard InChI is InChI=1S/C23H13BrFNO4/c24-13-4-7-15(8-5-13)26-20(12-2-1-3-16(27)10-12)19-21(28)17-11-14(25)6-9-18(17)30-22(19)23(26)29/h1-11,20,27H. The first-order valence-corrected chi connectivity index (χ1v) is 9.87. The monoisotopic (exact) mass is 465 g/mol. The first-order chi connectivity index (χ1) is 14.4. The minimum absolute atomic E-state index is 0.000349. The van der Waals surface area contributed by atoms with Crippen LogP contribution in [-0.2, 0) is 0 Å². The maximum Gasteiger partial charge on any atom is 0.295 e. The molecule has 1 unspecified atom stereocenters. The lowest BCUT2D eigenvalue weighted by molar-refractivity contribution is 0.0971. The van der Waals surface area contributed by atoms with Crippen LogP contribution in [0.3, 0.4) is 0 Å². The van der Waals surface area contributed by atoms with E-state index in [1.54, 1.807) is 36.4 Å². The number of phenolic OH excluding ortho intramolecular Hbond substituents is 1. The van der Waals surface area contributed by atoms with Crippen LogP contribution in [0.5, 0.6) is 5.75 Å². The number of hydrogen-bond donors (Lipinski definition) is 1. The van der Waals surface area contributed by atoms with E-state index in [0.717, 1.165) is 10.5 Å². The number of fused-ring (bicyclic) bond motifs is 2. The predicted octanol–water partition coefficient (Wildman–Crippen LogP) is 5.15. The summed E-state index contributed by atoms with van der Waals surface area (Å²) in [6.07, 6.45) is 0. The Balaban J connectivity index is 1.83. The second kappa shape index (κ2) is 6.81. The molecule has 5 rings (SSSR count). The topological polar surface area (TPSA) is 70.8 Å². The number of nitrogens with zero attached hydrogens (tertiary/aromatic N) is 1. The molecule has 1 atom stereocenters. The molecule has 0 spiro atoms. The number of phenols is 1. The van der Waals surface area contributed by atoms with E-state index in [0.29, 0.717) is 11.3 Å². The molecule has 148 valence electrons. The van der Waals surface area contributed by atoms with Crippen LogP contribution in [0.4, 0.5) is 10.1 Å². The van der Waals surface area contributed by atoms with E-state index < -0.39 is 23.2 Å². The highest BCUT2D eigenvalue weighted by molar-refractivity contribution is 9.10. The van der Waals surface area contributed by atoms with Gasteiger partial charge in [0.25, 0.3) is 5.91 Å². The third-order valence-electron chi connectivity index (χ3n) is 5.12. The average Bonchev–Trinajstić information content (AvgIpc) is 3.02. The quantitative estimate of drug-likeness (QED) is 0.444. The van der Waals surface area contributed by atoms with Gasteiger partial charge in [0.05, 0.1) is 17.0 Å². The molecule has 0 saturated heterocycles. The lowest BCUT2D eigenvalue weighted by Crippen LogP contribution is -2.29. The molecule has 1 N–H and O–H groups in total. The lowest BCUT2D eigenvalue weighted by Gasteiger charge is -2.25. The van der Waals surface area contributed by atoms with Crippen LogP contribution in [-0.4, -0.2) is 11.0 Å². The molecule has 0 bridgehead atoms. The van der Waals surface area contributed by atoms with Crippen LogP contribution >= 0.6 is 15.9 Å². The van der Waals surface area contributed by atoms with Crippen molar-refractivity contribution in [3.63, 3.8) is 0 Å². The van der Waals surface area contributed by atoms with Gasteiger partial charge in [-0.2, -0.15) is 0 Å². The Morgan fingerprint density at radius 1 is 1.00 bits per heavy atom. The van der Waals surface area contributed by atoms with Gasteiger partial charge in [0.15, 0.2) is 5.43 Å². The van der Waals surface area contributed by atoms with Crippen LogP contribution in [0.2, 0.25) is 0 Å². The Labute approximate surface area is 178 Å². The van der Waals surface area contributed by atoms with Gasteiger partial charge in [-0.05, 0) is 60.2 Å². The van der Waals surface area contributed by atoms with E-state index in [-0.39, 0.29) is 28.0 Å². The fourth-order valence-corrected chi connectivity index (χ4v) is 4.09. The Hall–Kier alpha value is -3.45. The molecule has 2 heterocycles. The Bertz CT molecular complexity index is 1380. The summed E-state index contributed by atoms with van der Waals surface area (Å²) in [5, 5.41) is 10.1. The van der Waals surface area contributed by atoms with Crippen molar-refractivity contribution in [2.75, 3.05) is 4.90 Å². The zero-order chi connectivity index (χ0) is 21.0. The molecule has 3 aromatic carbocycles. The van der Waals surface area contributed by atoms with Gasteiger partial charge in [-0.25, -0.2) is 4.39 Å². The molecule has 1 aliphatic heterocycles. The highest BCUT2D eigenvalue weighted by atomic mass is 79.9. The summed E-state index contributed by atoms with van der Waals surface area (Å²) in [4.78, 5) is 28.2. The summed E-state index contributed by atoms with van der Waals surface area (Å²) < 4.78 is 20.4. The summed E-state index contributed by atoms with van der Waals surface area (Å²) in [6.45, 7) is 0. The third kappa shape index (κ3) is 2.81. The van der Waals surface area contributed by atoms with Crippen molar-refractivity contribution in [1.29, 1.82) is 0 Å². The summed E-state index contributed by atoms with van der Waals surface area (Å²) in [7, 11) is 0. The summed E-state index contributed by atoms with van der Waals surface area (Å²) >= 11 is 3.37. The predicted molar refractivity (Wildman–Crippen MR) is 113 cm³/mol. The van der Waals surface area contributed by atoms with E-state index in [1.165, 1.54) is 29.2 Å². The molecule has 0 radical (unpaired) electrons. The molecule has 1 aliphatic rings. The highest BCUT2D eigenvalue weighted by Crippen LogP contribution is 2.42. The van der Waals surface area contributed by atoms with Gasteiger partial charge in [-0.15, -0.1) is 0 Å². The fraction of sp³-hybridized carbons (Fsp3) is 0.0435. The van der Waals surface area contributed by atoms with Crippen LogP contribution < -0.4 is 10.3 Å². The zero-order valence-corrected chi connectivity index (χ0v) is 16.9. The SMILES string of the molecule is O=C1c2oc3ccc(F)cc3c(=O)c2C(c2cccc(O)c2)N1c1ccc(Br)cc1. The van der Waals surface area contributed by atoms with Crippen molar-refractivity contribution in [2.45, 2.75) is 6.04 Å². The maximum atomic E-state index is 13.8. The van der Waals surface area contributed by atoms with Gasteiger partial charge in [-0.3, -0.25) is 14.5 Å². The zero-order valence-electron chi connectivity index (χ0n) is 15.3. The third-order valence-corrected chi connectivity index (χ3v) is 5.65. The first kappa shape index (κ1) is 18.6. The molecule has 0 aliphatic carbocycles. The van der Waals surface area contributed by atoms with Crippen LogP contribution in [0.15, 0.2) is 80.4 Å². The van der Waals surface area contributed by atoms with Crippen molar-refractivity contribution in [2.24, 2.45) is 0 Å². The van der Waals surface area contributed by atoms with E-state index >= 15 is 0 Å². The minimum atomic E-state index is -0.829. The normalized spacial score (nSPS) is 15.6. The number of rotatable bonds is 2. The van der Waals surface area contributed by atoms with Gasteiger partial charge < -0.3 is 9.52 Å². The minimum Gasteiger partial charge on any atom is -0.508 e. The molecule has 1 aromatic heterocycles. The van der Waals surface area contributed by atoms with E-state index in [1.807, 2.05) is 0 Å². The van der Waals surface area contributed by atoms with Crippen molar-refractivity contribution >= 4 is 38.5 Å². The van der Waals surface area contributed by atoms with Gasteiger partial charge in [0.1, 0.15) is 17.1 Å². The molecular weight excluding hydrogens is 453 g/mol. The average molecular weight is 466 g/mol. The molecule has 0 fully saturated rings. The summed E-state index contributed by atoms with van der Waals surface area (Å²) in [5.74, 6) is -1.14. The largest absolute Gasteiger partial charge is 0.508 e. The Kier molecular flexibility index (Phi) is 4.22. The van der Waals surface area contributed by atoms with Crippen molar-refractivity contribution in [3.8, 4) is 5.75 Å². The lowest BCUT2D eigenvalue weighted by atomic mass is 9.98. The number of hydrogen-bond acceptors (Lipinski definition) is 4. The number of aromatic hydroxyl groups is 1. The molecule has 5 nitrogen and oxygen atoms in total. The first-order valence-electron chi connectivity index (χ1n) is 9.08. The smallest absolute Gasteiger partial charge is 0.295 e. The van der Waals surface area contributed by atoms with Crippen LogP contribution in [0, 0.1) is 5.82 Å². The second-order valence-electron chi connectivity index (χ2n) is 6.96. The van der Waals surface area contributed by atoms with Gasteiger partial charge in [0, 0.05) is 10.2 Å². The molecule has 0 saturated carbocycles. The molecule has 1 amide bonds. The fourth-order valence-electron chi connectivity index (χ4n) is 3.82. The van der Waals surface area contributed by atoms with Crippen molar-refractivity contribution in [3.05, 3.63) is 104 Å². The van der Waals surface area contributed by atoms with E-state index in [9.17, 15) is 19.1 Å². The number of halogens is 2. The van der Waals surface area contributed by atoms with Gasteiger partial charge in [-0.1, -0.05) is 28.1 Å². The van der Waals surface area contributed by atoms with E-state index in [2.05, 4.69) is 15.9 Å². The molecular formula is C23H13BrFNO4. The summed E-state index contributed by atoms with van der Waals surface area (Å²) in [5.41, 5.74) is 0.866. The van der Waals surface area contributed by atoms with Crippen LogP contribution in [0.1, 0.15) is 27.7 Å². The Morgan fingerprint density at radius 3 is 2.50 bits per heavy atom. The van der Waals surface area contributed by atoms with Crippen molar-refractivity contribution in [1.82, 2.24) is 0 Å². The number of carbonyl (C=O) groups excluding carboxylic acids is 1. The van der Waals surface area contributed by atoms with E-state index in [4.69, 9.17) is 4.42 Å². The van der Waals surface area contributed by atoms with Gasteiger partial charge >= 0.3 is 0 Å². The highest BCUT2D eigenvalue weighted by Gasteiger charge is 2.43. The molecule has 7 heteroatoms. The number of carbonyl (C=O) groups is 1. The second-order valence-corrected chi connectivity index (χ2v) is 7.88. The van der Waals surface area contributed by atoms with Crippen molar-refractivity contribution < 1.29 is 18.7 Å². The number of benzene rings is 3. The molecule has 30 heavy (non-hydrogen) atoms. The Morgan fingerprint density at radius 2 is 1.77 bits per heavy atom. The number of anilines is 1. The summed E-state index contributed by atoms with van der Waals surface area (Å²) in [6, 6.07) is 16.2. The molecule has 4 aromatic rings.